The Morgan fingerprint density at radius 1 is 1.09 bits per heavy atom. The van der Waals surface area contributed by atoms with Gasteiger partial charge in [-0.1, -0.05) is 63.6 Å². The highest BCUT2D eigenvalue weighted by Crippen LogP contribution is 2.33. The fraction of sp³-hybridized carbons (Fsp3) is 0.950. The van der Waals surface area contributed by atoms with E-state index < -0.39 is 0 Å². The first-order valence-electron chi connectivity index (χ1n) is 9.25. The minimum absolute atomic E-state index is 0.0624. The normalized spacial score (nSPS) is 15.5. The van der Waals surface area contributed by atoms with Gasteiger partial charge in [-0.05, 0) is 56.8 Å². The number of alkyl halides is 1. The molecule has 3 heteroatoms. The van der Waals surface area contributed by atoms with E-state index in [9.17, 15) is 4.79 Å². The molecule has 0 fully saturated rings. The van der Waals surface area contributed by atoms with Crippen LogP contribution < -0.4 is 0 Å². The van der Waals surface area contributed by atoms with Crippen LogP contribution in [0.25, 0.3) is 0 Å². The molecule has 0 aromatic carbocycles. The summed E-state index contributed by atoms with van der Waals surface area (Å²) in [6.45, 7) is 16.8. The van der Waals surface area contributed by atoms with Gasteiger partial charge in [0.15, 0.2) is 0 Å². The molecular weight excluding hydrogens is 399 g/mol. The highest BCUT2D eigenvalue weighted by atomic mass is 127. The summed E-state index contributed by atoms with van der Waals surface area (Å²) >= 11 is 2.15. The number of halogens is 1. The van der Waals surface area contributed by atoms with Crippen molar-refractivity contribution in [2.75, 3.05) is 11.0 Å². The summed E-state index contributed by atoms with van der Waals surface area (Å²) in [6.07, 6.45) is 6.29. The second-order valence-corrected chi connectivity index (χ2v) is 9.27. The van der Waals surface area contributed by atoms with Crippen LogP contribution in [0.1, 0.15) is 87.0 Å². The lowest BCUT2D eigenvalue weighted by Gasteiger charge is -2.33. The molecule has 2 nitrogen and oxygen atoms in total. The monoisotopic (exact) mass is 438 g/mol. The number of ether oxygens (including phenoxy) is 1. The van der Waals surface area contributed by atoms with E-state index >= 15 is 0 Å². The van der Waals surface area contributed by atoms with Gasteiger partial charge >= 0.3 is 0 Å². The molecule has 0 aromatic heterocycles. The Bertz CT molecular complexity index is 337. The molecule has 23 heavy (non-hydrogen) atoms. The van der Waals surface area contributed by atoms with Crippen LogP contribution in [0.3, 0.4) is 0 Å². The van der Waals surface area contributed by atoms with E-state index in [1.807, 2.05) is 0 Å². The number of Topliss-reactive ketones (excluding diaryl/α,β-unsaturated/α-hetero) is 1. The molecule has 138 valence electrons. The summed E-state index contributed by atoms with van der Waals surface area (Å²) in [5.74, 6) is 1.70. The number of ketones is 1. The molecule has 0 aromatic rings. The van der Waals surface area contributed by atoms with Crippen molar-refractivity contribution in [3.05, 3.63) is 0 Å². The van der Waals surface area contributed by atoms with Crippen LogP contribution in [0, 0.1) is 17.3 Å². The Balaban J connectivity index is 4.07. The molecule has 0 saturated carbocycles. The van der Waals surface area contributed by atoms with E-state index in [1.54, 1.807) is 0 Å². The first-order chi connectivity index (χ1) is 10.5. The summed E-state index contributed by atoms with van der Waals surface area (Å²) in [5.41, 5.74) is 0.283. The van der Waals surface area contributed by atoms with Crippen molar-refractivity contribution in [2.45, 2.75) is 92.6 Å². The molecule has 0 saturated heterocycles. The van der Waals surface area contributed by atoms with Gasteiger partial charge < -0.3 is 4.74 Å². The number of carbonyl (C=O) groups is 1. The van der Waals surface area contributed by atoms with Crippen LogP contribution in [-0.2, 0) is 9.53 Å². The zero-order valence-electron chi connectivity index (χ0n) is 16.5. The van der Waals surface area contributed by atoms with Gasteiger partial charge in [-0.3, -0.25) is 4.79 Å². The molecular formula is C20H39IO2. The van der Waals surface area contributed by atoms with E-state index in [-0.39, 0.29) is 5.60 Å². The topological polar surface area (TPSA) is 26.3 Å². The summed E-state index contributed by atoms with van der Waals surface area (Å²) in [5, 5.41) is 0. The van der Waals surface area contributed by atoms with Gasteiger partial charge in [-0.2, -0.15) is 0 Å². The first kappa shape index (κ1) is 23.4. The number of hydrogen-bond acceptors (Lipinski definition) is 2. The SMILES string of the molecule is CCC(C)C(C)(C)CCOC(C)(C)CCC(C)CCC(=O)CI. The molecule has 2 unspecified atom stereocenters. The van der Waals surface area contributed by atoms with Crippen LogP contribution in [0.15, 0.2) is 0 Å². The molecule has 0 rings (SSSR count). The molecule has 0 bridgehead atoms. The Labute approximate surface area is 158 Å². The first-order valence-corrected chi connectivity index (χ1v) is 10.8. The molecule has 0 spiro atoms. The predicted molar refractivity (Wildman–Crippen MR) is 109 cm³/mol. The summed E-state index contributed by atoms with van der Waals surface area (Å²) in [6, 6.07) is 0. The Morgan fingerprint density at radius 2 is 1.70 bits per heavy atom. The fourth-order valence-electron chi connectivity index (χ4n) is 2.67. The highest BCUT2D eigenvalue weighted by molar-refractivity contribution is 14.1. The molecule has 0 aliphatic heterocycles. The molecule has 0 radical (unpaired) electrons. The van der Waals surface area contributed by atoms with E-state index in [2.05, 4.69) is 71.1 Å². The van der Waals surface area contributed by atoms with Crippen molar-refractivity contribution in [1.82, 2.24) is 0 Å². The van der Waals surface area contributed by atoms with Gasteiger partial charge in [0.05, 0.1) is 10.0 Å². The standard InChI is InChI=1S/C20H39IO2/c1-8-17(3)19(4,5)13-14-23-20(6,7)12-11-16(2)9-10-18(22)15-21/h16-17H,8-15H2,1-7H3. The molecule has 0 aliphatic carbocycles. The van der Waals surface area contributed by atoms with Crippen molar-refractivity contribution in [1.29, 1.82) is 0 Å². The quantitative estimate of drug-likeness (QED) is 0.244. The highest BCUT2D eigenvalue weighted by Gasteiger charge is 2.26. The zero-order chi connectivity index (χ0) is 18.1. The van der Waals surface area contributed by atoms with E-state index in [4.69, 9.17) is 4.74 Å². The van der Waals surface area contributed by atoms with E-state index in [1.165, 1.54) is 6.42 Å². The van der Waals surface area contributed by atoms with Gasteiger partial charge in [0.1, 0.15) is 5.78 Å². The fourth-order valence-corrected chi connectivity index (χ4v) is 3.06. The second kappa shape index (κ2) is 11.1. The lowest BCUT2D eigenvalue weighted by atomic mass is 9.76. The number of hydrogen-bond donors (Lipinski definition) is 0. The predicted octanol–water partition coefficient (Wildman–Crippen LogP) is 6.44. The average Bonchev–Trinajstić information content (AvgIpc) is 2.49. The number of rotatable bonds is 13. The van der Waals surface area contributed by atoms with Gasteiger partial charge in [0.25, 0.3) is 0 Å². The third-order valence-electron chi connectivity index (χ3n) is 5.49. The second-order valence-electron chi connectivity index (χ2n) is 8.51. The summed E-state index contributed by atoms with van der Waals surface area (Å²) in [4.78, 5) is 11.4. The molecule has 2 atom stereocenters. The minimum Gasteiger partial charge on any atom is -0.376 e. The average molecular weight is 438 g/mol. The van der Waals surface area contributed by atoms with Crippen molar-refractivity contribution < 1.29 is 9.53 Å². The minimum atomic E-state index is -0.0624. The van der Waals surface area contributed by atoms with Gasteiger partial charge in [-0.25, -0.2) is 0 Å². The molecule has 0 N–H and O–H groups in total. The molecule has 0 aliphatic rings. The lowest BCUT2D eigenvalue weighted by Crippen LogP contribution is -2.29. The maximum atomic E-state index is 11.4. The van der Waals surface area contributed by atoms with Crippen LogP contribution in [0.5, 0.6) is 0 Å². The Morgan fingerprint density at radius 3 is 2.22 bits per heavy atom. The largest absolute Gasteiger partial charge is 0.376 e. The van der Waals surface area contributed by atoms with Crippen LogP contribution in [0.2, 0.25) is 0 Å². The van der Waals surface area contributed by atoms with Gasteiger partial charge in [0.2, 0.25) is 0 Å². The van der Waals surface area contributed by atoms with Crippen molar-refractivity contribution in [2.24, 2.45) is 17.3 Å². The third kappa shape index (κ3) is 10.8. The summed E-state index contributed by atoms with van der Waals surface area (Å²) in [7, 11) is 0. The van der Waals surface area contributed by atoms with Crippen molar-refractivity contribution in [3.63, 3.8) is 0 Å². The number of carbonyl (C=O) groups excluding carboxylic acids is 1. The van der Waals surface area contributed by atoms with Crippen molar-refractivity contribution >= 4 is 28.4 Å². The van der Waals surface area contributed by atoms with Gasteiger partial charge in [0, 0.05) is 13.0 Å². The zero-order valence-corrected chi connectivity index (χ0v) is 18.7. The van der Waals surface area contributed by atoms with E-state index in [0.29, 0.717) is 21.5 Å². The van der Waals surface area contributed by atoms with E-state index in [0.717, 1.165) is 44.6 Å². The summed E-state index contributed by atoms with van der Waals surface area (Å²) < 4.78 is 6.83. The Kier molecular flexibility index (Phi) is 11.2. The van der Waals surface area contributed by atoms with Gasteiger partial charge in [-0.15, -0.1) is 0 Å². The smallest absolute Gasteiger partial charge is 0.142 e. The lowest BCUT2D eigenvalue weighted by molar-refractivity contribution is -0.116. The van der Waals surface area contributed by atoms with Crippen molar-refractivity contribution in [3.8, 4) is 0 Å². The van der Waals surface area contributed by atoms with Crippen LogP contribution >= 0.6 is 22.6 Å². The molecule has 0 heterocycles. The maximum Gasteiger partial charge on any atom is 0.142 e. The van der Waals surface area contributed by atoms with Crippen LogP contribution in [-0.4, -0.2) is 22.4 Å². The van der Waals surface area contributed by atoms with Crippen LogP contribution in [0.4, 0.5) is 0 Å². The molecule has 0 amide bonds. The maximum absolute atomic E-state index is 11.4. The Hall–Kier alpha value is 0.360. The third-order valence-corrected chi connectivity index (χ3v) is 6.34.